The molecule has 0 atom stereocenters. The second-order valence-corrected chi connectivity index (χ2v) is 16.0. The van der Waals surface area contributed by atoms with E-state index in [0.717, 1.165) is 22.8 Å². The van der Waals surface area contributed by atoms with Gasteiger partial charge in [-0.25, -0.2) is 4.98 Å². The van der Waals surface area contributed by atoms with Crippen LogP contribution in [0.2, 0.25) is 30.7 Å². The highest BCUT2D eigenvalue weighted by Gasteiger charge is 2.39. The molecular formula is C23H29ClN4O3Si. The topological polar surface area (TPSA) is 80.5 Å². The first-order chi connectivity index (χ1) is 15.0. The van der Waals surface area contributed by atoms with Crippen LogP contribution >= 0.6 is 11.6 Å². The lowest BCUT2D eigenvalue weighted by atomic mass is 9.96. The predicted octanol–water partition coefficient (Wildman–Crippen LogP) is 4.27. The van der Waals surface area contributed by atoms with E-state index in [-0.39, 0.29) is 5.91 Å². The van der Waals surface area contributed by atoms with Crippen molar-refractivity contribution in [3.05, 3.63) is 47.2 Å². The number of hydrogen-bond donors (Lipinski definition) is 1. The third kappa shape index (κ3) is 4.88. The SMILES string of the molecule is CC1(O)CN(C(=O)c2ccc(-c3cc4c(Cl)ccnc4n3COCC[Si](C)(C)C)nc2)C1. The molecule has 0 unspecified atom stereocenters. The summed E-state index contributed by atoms with van der Waals surface area (Å²) in [7, 11) is -1.19. The smallest absolute Gasteiger partial charge is 0.255 e. The monoisotopic (exact) mass is 472 g/mol. The van der Waals surface area contributed by atoms with E-state index in [9.17, 15) is 9.90 Å². The highest BCUT2D eigenvalue weighted by atomic mass is 35.5. The Morgan fingerprint density at radius 3 is 2.62 bits per heavy atom. The van der Waals surface area contributed by atoms with Gasteiger partial charge in [-0.1, -0.05) is 31.2 Å². The van der Waals surface area contributed by atoms with Gasteiger partial charge in [-0.15, -0.1) is 0 Å². The first-order valence-electron chi connectivity index (χ1n) is 10.7. The molecule has 4 heterocycles. The van der Waals surface area contributed by atoms with Gasteiger partial charge in [-0.2, -0.15) is 0 Å². The van der Waals surface area contributed by atoms with Crippen molar-refractivity contribution in [1.82, 2.24) is 19.4 Å². The van der Waals surface area contributed by atoms with E-state index in [0.29, 0.717) is 42.7 Å². The Kier molecular flexibility index (Phi) is 6.15. The van der Waals surface area contributed by atoms with Gasteiger partial charge in [0.2, 0.25) is 0 Å². The molecule has 0 radical (unpaired) electrons. The molecule has 0 saturated carbocycles. The van der Waals surface area contributed by atoms with Gasteiger partial charge >= 0.3 is 0 Å². The van der Waals surface area contributed by atoms with Crippen LogP contribution in [0.4, 0.5) is 0 Å². The van der Waals surface area contributed by atoms with E-state index in [1.54, 1.807) is 36.4 Å². The van der Waals surface area contributed by atoms with Crippen molar-refractivity contribution >= 4 is 36.6 Å². The molecule has 3 aromatic heterocycles. The minimum absolute atomic E-state index is 0.129. The summed E-state index contributed by atoms with van der Waals surface area (Å²) in [4.78, 5) is 23.3. The lowest BCUT2D eigenvalue weighted by molar-refractivity contribution is -0.0668. The molecule has 1 amide bonds. The average molecular weight is 473 g/mol. The Balaban J connectivity index is 1.59. The van der Waals surface area contributed by atoms with Crippen LogP contribution in [0.15, 0.2) is 36.7 Å². The average Bonchev–Trinajstić information content (AvgIpc) is 3.08. The van der Waals surface area contributed by atoms with E-state index in [2.05, 4.69) is 29.6 Å². The van der Waals surface area contributed by atoms with Gasteiger partial charge in [-0.3, -0.25) is 14.3 Å². The fourth-order valence-corrected chi connectivity index (χ4v) is 4.72. The number of β-amino-alcohol motifs (C(OH)–C–C–N with tert-alkyl or cyclic N) is 1. The molecule has 1 fully saturated rings. The molecule has 1 aliphatic rings. The number of halogens is 1. The molecule has 4 rings (SSSR count). The highest BCUT2D eigenvalue weighted by Crippen LogP contribution is 2.31. The van der Waals surface area contributed by atoms with E-state index in [1.165, 1.54) is 0 Å². The van der Waals surface area contributed by atoms with Crippen LogP contribution in [0.3, 0.4) is 0 Å². The van der Waals surface area contributed by atoms with Gasteiger partial charge in [0, 0.05) is 32.5 Å². The molecule has 9 heteroatoms. The highest BCUT2D eigenvalue weighted by molar-refractivity contribution is 6.76. The summed E-state index contributed by atoms with van der Waals surface area (Å²) in [6.07, 6.45) is 3.26. The van der Waals surface area contributed by atoms with Crippen molar-refractivity contribution in [3.8, 4) is 11.4 Å². The Hall–Kier alpha value is -2.26. The van der Waals surface area contributed by atoms with Crippen LogP contribution in [-0.2, 0) is 11.5 Å². The molecule has 7 nitrogen and oxygen atoms in total. The zero-order valence-corrected chi connectivity index (χ0v) is 20.7. The molecule has 1 N–H and O–H groups in total. The number of rotatable bonds is 7. The second-order valence-electron chi connectivity index (χ2n) is 9.93. The molecule has 0 bridgehead atoms. The van der Waals surface area contributed by atoms with E-state index < -0.39 is 13.7 Å². The van der Waals surface area contributed by atoms with Gasteiger partial charge in [-0.05, 0) is 37.2 Å². The molecule has 0 spiro atoms. The maximum atomic E-state index is 12.6. The number of aliphatic hydroxyl groups is 1. The lowest BCUT2D eigenvalue weighted by Crippen LogP contribution is -2.61. The van der Waals surface area contributed by atoms with Crippen LogP contribution in [0.1, 0.15) is 17.3 Å². The minimum Gasteiger partial charge on any atom is -0.386 e. The summed E-state index contributed by atoms with van der Waals surface area (Å²) in [5.74, 6) is -0.129. The van der Waals surface area contributed by atoms with Gasteiger partial charge in [0.25, 0.3) is 5.91 Å². The fraction of sp³-hybridized carbons (Fsp3) is 0.435. The fourth-order valence-electron chi connectivity index (χ4n) is 3.77. The molecule has 0 aromatic carbocycles. The van der Waals surface area contributed by atoms with Gasteiger partial charge < -0.3 is 14.7 Å². The van der Waals surface area contributed by atoms with Crippen molar-refractivity contribution in [2.75, 3.05) is 19.7 Å². The van der Waals surface area contributed by atoms with Gasteiger partial charge in [0.05, 0.1) is 40.7 Å². The quantitative estimate of drug-likeness (QED) is 0.410. The third-order valence-electron chi connectivity index (χ3n) is 5.58. The maximum absolute atomic E-state index is 12.6. The summed E-state index contributed by atoms with van der Waals surface area (Å²) in [5, 5.41) is 11.3. The number of aromatic nitrogens is 3. The first-order valence-corrected chi connectivity index (χ1v) is 14.8. The Labute approximate surface area is 194 Å². The zero-order valence-electron chi connectivity index (χ0n) is 18.9. The summed E-state index contributed by atoms with van der Waals surface area (Å²) in [6, 6.07) is 8.39. The molecular weight excluding hydrogens is 444 g/mol. The summed E-state index contributed by atoms with van der Waals surface area (Å²) < 4.78 is 7.98. The summed E-state index contributed by atoms with van der Waals surface area (Å²) >= 11 is 6.42. The number of ether oxygens (including phenoxy) is 1. The standard InChI is InChI=1S/C23H29ClN4O3Si/c1-23(30)13-27(14-23)22(29)16-5-6-19(26-12-16)20-11-17-18(24)7-8-25-21(17)28(20)15-31-9-10-32(2,3)4/h5-8,11-12,30H,9-10,13-15H2,1-4H3. The van der Waals surface area contributed by atoms with Crippen LogP contribution < -0.4 is 0 Å². The summed E-state index contributed by atoms with van der Waals surface area (Å²) in [5.41, 5.74) is 1.98. The Morgan fingerprint density at radius 1 is 1.25 bits per heavy atom. The molecule has 32 heavy (non-hydrogen) atoms. The van der Waals surface area contributed by atoms with E-state index in [4.69, 9.17) is 16.3 Å². The van der Waals surface area contributed by atoms with E-state index >= 15 is 0 Å². The van der Waals surface area contributed by atoms with Crippen molar-refractivity contribution < 1.29 is 14.6 Å². The second kappa shape index (κ2) is 8.59. The van der Waals surface area contributed by atoms with Crippen LogP contribution in [0.25, 0.3) is 22.4 Å². The third-order valence-corrected chi connectivity index (χ3v) is 7.62. The first kappa shape index (κ1) is 22.9. The number of likely N-dealkylation sites (tertiary alicyclic amines) is 1. The van der Waals surface area contributed by atoms with E-state index in [1.807, 2.05) is 16.7 Å². The maximum Gasteiger partial charge on any atom is 0.255 e. The number of pyridine rings is 2. The minimum atomic E-state index is -1.19. The van der Waals surface area contributed by atoms with Crippen molar-refractivity contribution in [1.29, 1.82) is 0 Å². The van der Waals surface area contributed by atoms with Crippen molar-refractivity contribution in [3.63, 3.8) is 0 Å². The lowest BCUT2D eigenvalue weighted by Gasteiger charge is -2.44. The number of amides is 1. The Bertz CT molecular complexity index is 1130. The summed E-state index contributed by atoms with van der Waals surface area (Å²) in [6.45, 7) is 10.4. The number of nitrogens with zero attached hydrogens (tertiary/aromatic N) is 4. The number of carbonyl (C=O) groups excluding carboxylic acids is 1. The van der Waals surface area contributed by atoms with Crippen LogP contribution in [0.5, 0.6) is 0 Å². The predicted molar refractivity (Wildman–Crippen MR) is 129 cm³/mol. The molecule has 1 saturated heterocycles. The van der Waals surface area contributed by atoms with Crippen LogP contribution in [-0.4, -0.2) is 63.8 Å². The number of carbonyl (C=O) groups is 1. The zero-order chi connectivity index (χ0) is 23.1. The largest absolute Gasteiger partial charge is 0.386 e. The number of hydrogen-bond acceptors (Lipinski definition) is 5. The van der Waals surface area contributed by atoms with Crippen molar-refractivity contribution in [2.24, 2.45) is 0 Å². The molecule has 170 valence electrons. The molecule has 1 aliphatic heterocycles. The van der Waals surface area contributed by atoms with Gasteiger partial charge in [0.15, 0.2) is 0 Å². The molecule has 3 aromatic rings. The van der Waals surface area contributed by atoms with Crippen molar-refractivity contribution in [2.45, 2.75) is 44.9 Å². The van der Waals surface area contributed by atoms with Crippen LogP contribution in [0, 0.1) is 0 Å². The normalized spacial score (nSPS) is 15.8. The molecule has 0 aliphatic carbocycles. The number of fused-ring (bicyclic) bond motifs is 1. The Morgan fingerprint density at radius 2 is 2.00 bits per heavy atom. The van der Waals surface area contributed by atoms with Gasteiger partial charge in [0.1, 0.15) is 12.4 Å².